The molecule has 2 saturated heterocycles. The summed E-state index contributed by atoms with van der Waals surface area (Å²) in [7, 11) is -0.516. The predicted molar refractivity (Wildman–Crippen MR) is 109 cm³/mol. The first-order chi connectivity index (χ1) is 13.0. The van der Waals surface area contributed by atoms with E-state index < -0.39 is 13.9 Å². The Kier molecular flexibility index (Phi) is 7.71. The zero-order chi connectivity index (χ0) is 21.0. The summed E-state index contributed by atoms with van der Waals surface area (Å²) in [5.41, 5.74) is -0.478. The lowest BCUT2D eigenvalue weighted by atomic mass is 9.86. The number of rotatable bonds is 8. The number of fused-ring (bicyclic) bond motifs is 1. The van der Waals surface area contributed by atoms with Crippen molar-refractivity contribution in [3.8, 4) is 6.07 Å². The van der Waals surface area contributed by atoms with Gasteiger partial charge in [-0.2, -0.15) is 5.26 Å². The molecular weight excluding hydrogens is 374 g/mol. The van der Waals surface area contributed by atoms with Crippen LogP contribution in [0.2, 0.25) is 18.1 Å². The molecule has 0 saturated carbocycles. The van der Waals surface area contributed by atoms with E-state index in [-0.39, 0.29) is 29.3 Å². The van der Waals surface area contributed by atoms with E-state index >= 15 is 0 Å². The summed E-state index contributed by atoms with van der Waals surface area (Å²) in [6.07, 6.45) is 4.80. The summed E-state index contributed by atoms with van der Waals surface area (Å²) in [6.45, 7) is 11.7. The Bertz CT molecular complexity index is 582. The third-order valence-corrected chi connectivity index (χ3v) is 11.1. The fourth-order valence-corrected chi connectivity index (χ4v) is 4.83. The van der Waals surface area contributed by atoms with Crippen molar-refractivity contribution in [2.75, 3.05) is 13.7 Å². The van der Waals surface area contributed by atoms with E-state index in [1.165, 1.54) is 7.11 Å². The summed E-state index contributed by atoms with van der Waals surface area (Å²) in [6, 6.07) is 2.22. The molecule has 2 rings (SSSR count). The van der Waals surface area contributed by atoms with Crippen LogP contribution in [0.25, 0.3) is 0 Å². The standard InChI is InChI=1S/C21H37NO5Si/c1-20(2,3)28(5,6)25-15-21-14-17(10-12-19(23)24-4)26-18(21)11-9-16(27-21)8-7-13-22/h16-18H,7-12,14-15H2,1-6H3/t16?,17-,18-,21+/m0/s1. The highest BCUT2D eigenvalue weighted by atomic mass is 28.4. The van der Waals surface area contributed by atoms with Gasteiger partial charge in [0.05, 0.1) is 38.1 Å². The summed E-state index contributed by atoms with van der Waals surface area (Å²) >= 11 is 0. The van der Waals surface area contributed by atoms with Gasteiger partial charge in [0.2, 0.25) is 0 Å². The van der Waals surface area contributed by atoms with Crippen LogP contribution in [0.15, 0.2) is 0 Å². The predicted octanol–water partition coefficient (Wildman–Crippen LogP) is 4.34. The number of carbonyl (C=O) groups is 1. The highest BCUT2D eigenvalue weighted by Gasteiger charge is 2.54. The van der Waals surface area contributed by atoms with Gasteiger partial charge in [0, 0.05) is 19.3 Å². The van der Waals surface area contributed by atoms with Crippen molar-refractivity contribution in [2.45, 2.75) is 108 Å². The SMILES string of the molecule is COC(=O)CC[C@H]1C[C@]2(CO[Si](C)(C)C(C)(C)C)OC(CCC#N)CC[C@@H]2O1. The maximum absolute atomic E-state index is 11.5. The maximum atomic E-state index is 11.5. The van der Waals surface area contributed by atoms with Crippen molar-refractivity contribution in [1.82, 2.24) is 0 Å². The monoisotopic (exact) mass is 411 g/mol. The van der Waals surface area contributed by atoms with Gasteiger partial charge in [-0.3, -0.25) is 4.79 Å². The summed E-state index contributed by atoms with van der Waals surface area (Å²) in [5, 5.41) is 9.07. The topological polar surface area (TPSA) is 77.8 Å². The number of hydrogen-bond donors (Lipinski definition) is 0. The lowest BCUT2D eigenvalue weighted by Crippen LogP contribution is -2.54. The Hall–Kier alpha value is -0.943. The summed E-state index contributed by atoms with van der Waals surface area (Å²) in [5.74, 6) is -0.210. The normalized spacial score (nSPS) is 30.5. The molecule has 2 fully saturated rings. The molecule has 0 aliphatic carbocycles. The molecule has 2 heterocycles. The quantitative estimate of drug-likeness (QED) is 0.437. The van der Waals surface area contributed by atoms with Gasteiger partial charge in [0.25, 0.3) is 0 Å². The molecule has 28 heavy (non-hydrogen) atoms. The molecule has 0 bridgehead atoms. The van der Waals surface area contributed by atoms with Gasteiger partial charge < -0.3 is 18.6 Å². The van der Waals surface area contributed by atoms with Crippen LogP contribution in [0, 0.1) is 11.3 Å². The van der Waals surface area contributed by atoms with E-state index in [0.29, 0.717) is 25.9 Å². The zero-order valence-electron chi connectivity index (χ0n) is 18.4. The second-order valence-electron chi connectivity index (χ2n) is 9.69. The van der Waals surface area contributed by atoms with Gasteiger partial charge in [-0.25, -0.2) is 0 Å². The molecule has 0 amide bonds. The third-order valence-electron chi connectivity index (χ3n) is 6.63. The number of nitriles is 1. The lowest BCUT2D eigenvalue weighted by Gasteiger charge is -2.45. The minimum absolute atomic E-state index is 0.0155. The second kappa shape index (κ2) is 9.25. The van der Waals surface area contributed by atoms with Crippen molar-refractivity contribution in [3.63, 3.8) is 0 Å². The van der Waals surface area contributed by atoms with Gasteiger partial charge in [0.15, 0.2) is 8.32 Å². The molecule has 7 heteroatoms. The Labute approximate surface area is 171 Å². The first kappa shape index (κ1) is 23.3. The molecule has 0 radical (unpaired) electrons. The van der Waals surface area contributed by atoms with E-state index in [1.807, 2.05) is 0 Å². The maximum Gasteiger partial charge on any atom is 0.305 e. The molecule has 2 aliphatic rings. The molecule has 4 atom stereocenters. The molecule has 0 aromatic carbocycles. The smallest absolute Gasteiger partial charge is 0.305 e. The highest BCUT2D eigenvalue weighted by Crippen LogP contribution is 2.45. The van der Waals surface area contributed by atoms with Crippen molar-refractivity contribution in [3.05, 3.63) is 0 Å². The van der Waals surface area contributed by atoms with E-state index in [1.54, 1.807) is 0 Å². The number of carbonyl (C=O) groups excluding carboxylic acids is 1. The van der Waals surface area contributed by atoms with Crippen molar-refractivity contribution in [2.24, 2.45) is 0 Å². The number of ether oxygens (including phenoxy) is 3. The molecule has 6 nitrogen and oxygen atoms in total. The Morgan fingerprint density at radius 1 is 1.25 bits per heavy atom. The lowest BCUT2D eigenvalue weighted by molar-refractivity contribution is -0.181. The van der Waals surface area contributed by atoms with E-state index in [2.05, 4.69) is 39.9 Å². The minimum Gasteiger partial charge on any atom is -0.469 e. The highest BCUT2D eigenvalue weighted by molar-refractivity contribution is 6.74. The fourth-order valence-electron chi connectivity index (χ4n) is 3.79. The van der Waals surface area contributed by atoms with Gasteiger partial charge >= 0.3 is 5.97 Å². The summed E-state index contributed by atoms with van der Waals surface area (Å²) < 4.78 is 24.2. The number of nitrogens with zero attached hydrogens (tertiary/aromatic N) is 1. The third kappa shape index (κ3) is 5.56. The molecule has 0 N–H and O–H groups in total. The second-order valence-corrected chi connectivity index (χ2v) is 14.5. The van der Waals surface area contributed by atoms with E-state index in [9.17, 15) is 4.79 Å². The molecule has 0 aromatic rings. The number of methoxy groups -OCH3 is 1. The minimum atomic E-state index is -1.93. The van der Waals surface area contributed by atoms with Crippen LogP contribution in [0.1, 0.15) is 65.7 Å². The van der Waals surface area contributed by atoms with Crippen LogP contribution in [-0.4, -0.2) is 51.9 Å². The molecule has 2 aliphatic heterocycles. The van der Waals surface area contributed by atoms with Crippen LogP contribution < -0.4 is 0 Å². The van der Waals surface area contributed by atoms with Gasteiger partial charge in [-0.15, -0.1) is 0 Å². The average Bonchev–Trinajstić information content (AvgIpc) is 3.00. The number of hydrogen-bond acceptors (Lipinski definition) is 6. The van der Waals surface area contributed by atoms with Crippen LogP contribution in [-0.2, 0) is 23.4 Å². The van der Waals surface area contributed by atoms with Gasteiger partial charge in [-0.05, 0) is 43.8 Å². The fraction of sp³-hybridized carbons (Fsp3) is 0.905. The molecule has 0 aromatic heterocycles. The first-order valence-corrected chi connectivity index (χ1v) is 13.3. The van der Waals surface area contributed by atoms with E-state index in [4.69, 9.17) is 23.9 Å². The zero-order valence-corrected chi connectivity index (χ0v) is 19.4. The van der Waals surface area contributed by atoms with Gasteiger partial charge in [-0.1, -0.05) is 20.8 Å². The average molecular weight is 412 g/mol. The van der Waals surface area contributed by atoms with Crippen molar-refractivity contribution >= 4 is 14.3 Å². The molecular formula is C21H37NO5Si. The van der Waals surface area contributed by atoms with Crippen LogP contribution >= 0.6 is 0 Å². The van der Waals surface area contributed by atoms with Crippen LogP contribution in [0.5, 0.6) is 0 Å². The first-order valence-electron chi connectivity index (χ1n) is 10.4. The van der Waals surface area contributed by atoms with Crippen LogP contribution in [0.3, 0.4) is 0 Å². The Morgan fingerprint density at radius 3 is 2.57 bits per heavy atom. The largest absolute Gasteiger partial charge is 0.469 e. The Balaban J connectivity index is 2.11. The number of esters is 1. The molecule has 1 unspecified atom stereocenters. The summed E-state index contributed by atoms with van der Waals surface area (Å²) in [4.78, 5) is 11.5. The van der Waals surface area contributed by atoms with Crippen molar-refractivity contribution in [1.29, 1.82) is 5.26 Å². The molecule has 160 valence electrons. The van der Waals surface area contributed by atoms with Gasteiger partial charge in [0.1, 0.15) is 5.60 Å². The molecule has 0 spiro atoms. The van der Waals surface area contributed by atoms with Crippen molar-refractivity contribution < 1.29 is 23.4 Å². The van der Waals surface area contributed by atoms with Crippen LogP contribution in [0.4, 0.5) is 0 Å². The van der Waals surface area contributed by atoms with E-state index in [0.717, 1.165) is 25.7 Å². The Morgan fingerprint density at radius 2 is 1.96 bits per heavy atom.